The number of ketones is 1. The summed E-state index contributed by atoms with van der Waals surface area (Å²) in [5.41, 5.74) is 3.37. The topological polar surface area (TPSA) is 55.2 Å². The normalized spacial score (nSPS) is 18.3. The smallest absolute Gasteiger partial charge is 0.237 e. The van der Waals surface area contributed by atoms with E-state index >= 15 is 0 Å². The van der Waals surface area contributed by atoms with E-state index in [-0.39, 0.29) is 17.2 Å². The van der Waals surface area contributed by atoms with Crippen LogP contribution < -0.4 is 4.90 Å². The van der Waals surface area contributed by atoms with Gasteiger partial charge in [-0.1, -0.05) is 24.8 Å². The predicted octanol–water partition coefficient (Wildman–Crippen LogP) is 4.34. The van der Waals surface area contributed by atoms with Gasteiger partial charge in [-0.2, -0.15) is 0 Å². The monoisotopic (exact) mass is 385 g/mol. The molecule has 27 heavy (non-hydrogen) atoms. The van der Waals surface area contributed by atoms with Gasteiger partial charge in [0.2, 0.25) is 5.91 Å². The molecule has 0 saturated carbocycles. The van der Waals surface area contributed by atoms with Crippen LogP contribution in [0.25, 0.3) is 0 Å². The van der Waals surface area contributed by atoms with Gasteiger partial charge in [0.15, 0.2) is 10.9 Å². The number of aryl methyl sites for hydroxylation is 2. The number of thioether (sulfide) groups is 1. The summed E-state index contributed by atoms with van der Waals surface area (Å²) in [7, 11) is 1.92. The summed E-state index contributed by atoms with van der Waals surface area (Å²) < 4.78 is 1.91. The van der Waals surface area contributed by atoms with Crippen molar-refractivity contribution in [3.63, 3.8) is 0 Å². The second-order valence-corrected chi connectivity index (χ2v) is 8.98. The first-order valence-corrected chi connectivity index (χ1v) is 10.2. The zero-order chi connectivity index (χ0) is 19.9. The van der Waals surface area contributed by atoms with Crippen LogP contribution in [0.5, 0.6) is 0 Å². The largest absolute Gasteiger partial charge is 0.329 e. The second-order valence-electron chi connectivity index (χ2n) is 8.04. The van der Waals surface area contributed by atoms with E-state index in [2.05, 4.69) is 31.8 Å². The highest BCUT2D eigenvalue weighted by molar-refractivity contribution is 7.99. The molecule has 2 heterocycles. The van der Waals surface area contributed by atoms with Gasteiger partial charge in [0.1, 0.15) is 0 Å². The molecule has 1 aromatic carbocycles. The van der Waals surface area contributed by atoms with Crippen molar-refractivity contribution in [3.8, 4) is 0 Å². The molecule has 0 spiro atoms. The van der Waals surface area contributed by atoms with Crippen LogP contribution in [0, 0.1) is 6.92 Å². The number of benzene rings is 1. The van der Waals surface area contributed by atoms with E-state index in [1.807, 2.05) is 35.7 Å². The number of carbonyl (C=O) groups excluding carboxylic acids is 2. The molecule has 0 radical (unpaired) electrons. The fraction of sp³-hybridized carbons (Fsp3) is 0.476. The summed E-state index contributed by atoms with van der Waals surface area (Å²) in [5.74, 6) is 0.715. The van der Waals surface area contributed by atoms with E-state index in [1.165, 1.54) is 11.8 Å². The predicted molar refractivity (Wildman–Crippen MR) is 110 cm³/mol. The molecule has 1 atom stereocenters. The average molecular weight is 386 g/mol. The lowest BCUT2D eigenvalue weighted by atomic mass is 9.78. The fourth-order valence-corrected chi connectivity index (χ4v) is 4.90. The first-order valence-electron chi connectivity index (χ1n) is 9.20. The zero-order valence-corrected chi connectivity index (χ0v) is 17.7. The number of amides is 1. The maximum atomic E-state index is 13.2. The van der Waals surface area contributed by atoms with Crippen molar-refractivity contribution in [2.75, 3.05) is 10.7 Å². The average Bonchev–Trinajstić information content (AvgIpc) is 2.97. The van der Waals surface area contributed by atoms with Crippen molar-refractivity contribution >= 4 is 29.1 Å². The third kappa shape index (κ3) is 3.68. The molecule has 2 aromatic rings. The molecule has 0 saturated heterocycles. The Labute approximate surface area is 165 Å². The van der Waals surface area contributed by atoms with Crippen molar-refractivity contribution in [2.45, 2.75) is 57.7 Å². The van der Waals surface area contributed by atoms with Crippen LogP contribution in [0.3, 0.4) is 0 Å². The molecule has 1 amide bonds. The molecule has 1 aliphatic heterocycles. The number of nitrogens with zero attached hydrogens (tertiary/aromatic N) is 3. The first-order chi connectivity index (χ1) is 12.6. The number of hydrogen-bond donors (Lipinski definition) is 0. The van der Waals surface area contributed by atoms with E-state index in [0.29, 0.717) is 17.2 Å². The fourth-order valence-electron chi connectivity index (χ4n) is 4.12. The van der Waals surface area contributed by atoms with E-state index in [1.54, 1.807) is 13.1 Å². The standard InChI is InChI=1S/C21H27N3O2S/c1-13-9-17-14(2)11-21(4,5)24(18(17)10-16(13)15(3)25)19(26)12-27-20-22-7-8-23(20)6/h7-10,14H,11-12H2,1-6H3/t14-/m1/s1. The van der Waals surface area contributed by atoms with Crippen LogP contribution in [0.2, 0.25) is 0 Å². The van der Waals surface area contributed by atoms with E-state index in [9.17, 15) is 9.59 Å². The summed E-state index contributed by atoms with van der Waals surface area (Å²) >= 11 is 1.44. The molecule has 1 aliphatic rings. The van der Waals surface area contributed by atoms with Crippen LogP contribution >= 0.6 is 11.8 Å². The molecular formula is C21H27N3O2S. The van der Waals surface area contributed by atoms with Crippen molar-refractivity contribution in [3.05, 3.63) is 41.2 Å². The third-order valence-corrected chi connectivity index (χ3v) is 6.33. The molecular weight excluding hydrogens is 358 g/mol. The number of imidazole rings is 1. The molecule has 0 aliphatic carbocycles. The summed E-state index contributed by atoms with van der Waals surface area (Å²) in [6.07, 6.45) is 4.49. The minimum absolute atomic E-state index is 0.0288. The molecule has 5 nitrogen and oxygen atoms in total. The Kier molecular flexibility index (Phi) is 5.21. The van der Waals surface area contributed by atoms with Gasteiger partial charge in [-0.25, -0.2) is 4.98 Å². The van der Waals surface area contributed by atoms with Crippen molar-refractivity contribution < 1.29 is 9.59 Å². The third-order valence-electron chi connectivity index (χ3n) is 5.29. The Hall–Kier alpha value is -2.08. The SMILES string of the molecule is CC(=O)c1cc2c(cc1C)[C@H](C)CC(C)(C)N2C(=O)CSc1nccn1C. The van der Waals surface area contributed by atoms with E-state index in [4.69, 9.17) is 0 Å². The van der Waals surface area contributed by atoms with Gasteiger partial charge >= 0.3 is 0 Å². The van der Waals surface area contributed by atoms with Crippen molar-refractivity contribution in [2.24, 2.45) is 7.05 Å². The number of aromatic nitrogens is 2. The molecule has 0 N–H and O–H groups in total. The van der Waals surface area contributed by atoms with Crippen LogP contribution in [0.1, 0.15) is 61.5 Å². The van der Waals surface area contributed by atoms with Crippen LogP contribution in [-0.2, 0) is 11.8 Å². The Balaban J connectivity index is 1.99. The second kappa shape index (κ2) is 7.15. The van der Waals surface area contributed by atoms with Gasteiger partial charge in [0.05, 0.1) is 5.75 Å². The number of rotatable bonds is 4. The Morgan fingerprint density at radius 3 is 2.63 bits per heavy atom. The number of fused-ring (bicyclic) bond motifs is 1. The van der Waals surface area contributed by atoms with Gasteiger partial charge in [0, 0.05) is 36.2 Å². The minimum Gasteiger partial charge on any atom is -0.329 e. The number of hydrogen-bond acceptors (Lipinski definition) is 4. The zero-order valence-electron chi connectivity index (χ0n) is 16.9. The summed E-state index contributed by atoms with van der Waals surface area (Å²) in [6, 6.07) is 3.99. The Bertz CT molecular complexity index is 901. The Morgan fingerprint density at radius 2 is 2.04 bits per heavy atom. The highest BCUT2D eigenvalue weighted by atomic mass is 32.2. The van der Waals surface area contributed by atoms with Crippen LogP contribution in [0.4, 0.5) is 5.69 Å². The highest BCUT2D eigenvalue weighted by Gasteiger charge is 2.40. The number of Topliss-reactive ketones (excluding diaryl/α,β-unsaturated/α-hetero) is 1. The quantitative estimate of drug-likeness (QED) is 0.580. The van der Waals surface area contributed by atoms with Gasteiger partial charge < -0.3 is 9.47 Å². The summed E-state index contributed by atoms with van der Waals surface area (Å²) in [6.45, 7) is 9.94. The lowest BCUT2D eigenvalue weighted by molar-refractivity contribution is -0.117. The molecule has 3 rings (SSSR count). The molecule has 6 heteroatoms. The minimum atomic E-state index is -0.311. The van der Waals surface area contributed by atoms with E-state index < -0.39 is 0 Å². The summed E-state index contributed by atoms with van der Waals surface area (Å²) in [5, 5.41) is 0.820. The van der Waals surface area contributed by atoms with E-state index in [0.717, 1.165) is 28.4 Å². The number of anilines is 1. The molecule has 144 valence electrons. The molecule has 0 unspecified atom stereocenters. The maximum absolute atomic E-state index is 13.2. The lowest BCUT2D eigenvalue weighted by Crippen LogP contribution is -2.52. The highest BCUT2D eigenvalue weighted by Crippen LogP contribution is 2.44. The Morgan fingerprint density at radius 1 is 1.33 bits per heavy atom. The van der Waals surface area contributed by atoms with Crippen molar-refractivity contribution in [1.82, 2.24) is 9.55 Å². The molecule has 0 bridgehead atoms. The lowest BCUT2D eigenvalue weighted by Gasteiger charge is -2.46. The van der Waals surface area contributed by atoms with Crippen LogP contribution in [0.15, 0.2) is 29.7 Å². The van der Waals surface area contributed by atoms with Gasteiger partial charge in [-0.15, -0.1) is 0 Å². The molecule has 0 fully saturated rings. The summed E-state index contributed by atoms with van der Waals surface area (Å²) in [4.78, 5) is 31.5. The maximum Gasteiger partial charge on any atom is 0.237 e. The number of carbonyl (C=O) groups is 2. The van der Waals surface area contributed by atoms with Gasteiger partial charge in [0.25, 0.3) is 0 Å². The van der Waals surface area contributed by atoms with Crippen molar-refractivity contribution in [1.29, 1.82) is 0 Å². The van der Waals surface area contributed by atoms with Crippen LogP contribution in [-0.4, -0.2) is 32.5 Å². The van der Waals surface area contributed by atoms with Gasteiger partial charge in [-0.3, -0.25) is 9.59 Å². The van der Waals surface area contributed by atoms with Gasteiger partial charge in [-0.05, 0) is 57.2 Å². The molecule has 1 aromatic heterocycles. The first kappa shape index (κ1) is 19.7.